The van der Waals surface area contributed by atoms with Gasteiger partial charge in [-0.25, -0.2) is 9.37 Å². The molecule has 0 saturated heterocycles. The minimum atomic E-state index is -0.338. The van der Waals surface area contributed by atoms with Gasteiger partial charge < -0.3 is 14.8 Å². The van der Waals surface area contributed by atoms with Gasteiger partial charge >= 0.3 is 0 Å². The van der Waals surface area contributed by atoms with Crippen LogP contribution in [0, 0.1) is 5.82 Å². The standard InChI is InChI=1S/C15H19FN2O2/c1-4-5-17-13-8-11(9-19-2)18-15-12(13)6-10(16)7-14(15)20-3/h6-8H,4-5,9H2,1-3H3,(H,17,18). The van der Waals surface area contributed by atoms with Crippen molar-refractivity contribution in [3.63, 3.8) is 0 Å². The smallest absolute Gasteiger partial charge is 0.148 e. The lowest BCUT2D eigenvalue weighted by atomic mass is 10.1. The van der Waals surface area contributed by atoms with Crippen LogP contribution in [0.4, 0.5) is 10.1 Å². The van der Waals surface area contributed by atoms with E-state index in [9.17, 15) is 4.39 Å². The SMILES string of the molecule is CCCNc1cc(COC)nc2c(OC)cc(F)cc12. The Labute approximate surface area is 117 Å². The highest BCUT2D eigenvalue weighted by Crippen LogP contribution is 2.31. The first-order valence-corrected chi connectivity index (χ1v) is 6.59. The zero-order valence-electron chi connectivity index (χ0n) is 12.0. The van der Waals surface area contributed by atoms with Gasteiger partial charge in [0.1, 0.15) is 17.1 Å². The third-order valence-electron chi connectivity index (χ3n) is 2.97. The van der Waals surface area contributed by atoms with Crippen LogP contribution in [0.3, 0.4) is 0 Å². The molecule has 1 N–H and O–H groups in total. The van der Waals surface area contributed by atoms with Crippen LogP contribution in [0.15, 0.2) is 18.2 Å². The highest BCUT2D eigenvalue weighted by molar-refractivity contribution is 5.95. The number of nitrogens with one attached hydrogen (secondary N) is 1. The van der Waals surface area contributed by atoms with E-state index in [1.807, 2.05) is 6.07 Å². The zero-order valence-corrected chi connectivity index (χ0v) is 12.0. The topological polar surface area (TPSA) is 43.4 Å². The number of rotatable bonds is 6. The number of pyridine rings is 1. The summed E-state index contributed by atoms with van der Waals surface area (Å²) in [5.41, 5.74) is 2.27. The Morgan fingerprint density at radius 3 is 2.70 bits per heavy atom. The van der Waals surface area contributed by atoms with Gasteiger partial charge in [-0.3, -0.25) is 0 Å². The molecule has 0 radical (unpaired) electrons. The first-order chi connectivity index (χ1) is 9.69. The minimum absolute atomic E-state index is 0.338. The second kappa shape index (κ2) is 6.52. The molecule has 0 spiro atoms. The van der Waals surface area contributed by atoms with E-state index >= 15 is 0 Å². The Morgan fingerprint density at radius 1 is 1.25 bits per heavy atom. The molecule has 0 fully saturated rings. The van der Waals surface area contributed by atoms with Crippen LogP contribution >= 0.6 is 0 Å². The second-order valence-electron chi connectivity index (χ2n) is 4.53. The number of hydrogen-bond donors (Lipinski definition) is 1. The van der Waals surface area contributed by atoms with Crippen LogP contribution in [0.2, 0.25) is 0 Å². The van der Waals surface area contributed by atoms with Gasteiger partial charge in [-0.15, -0.1) is 0 Å². The number of aromatic nitrogens is 1. The highest BCUT2D eigenvalue weighted by atomic mass is 19.1. The van der Waals surface area contributed by atoms with Gasteiger partial charge in [0.25, 0.3) is 0 Å². The van der Waals surface area contributed by atoms with E-state index in [-0.39, 0.29) is 5.82 Å². The van der Waals surface area contributed by atoms with Crippen molar-refractivity contribution >= 4 is 16.6 Å². The first kappa shape index (κ1) is 14.5. The molecule has 2 aromatic rings. The molecule has 0 aliphatic rings. The average Bonchev–Trinajstić information content (AvgIpc) is 2.44. The number of methoxy groups -OCH3 is 2. The van der Waals surface area contributed by atoms with Crippen LogP contribution in [-0.4, -0.2) is 25.7 Å². The molecule has 5 heteroatoms. The molecule has 0 atom stereocenters. The van der Waals surface area contributed by atoms with Crippen LogP contribution in [0.5, 0.6) is 5.75 Å². The molecule has 20 heavy (non-hydrogen) atoms. The Balaban J connectivity index is 2.63. The van der Waals surface area contributed by atoms with Gasteiger partial charge in [0.05, 0.1) is 19.4 Å². The largest absolute Gasteiger partial charge is 0.494 e. The maximum atomic E-state index is 13.7. The van der Waals surface area contributed by atoms with E-state index in [0.29, 0.717) is 17.9 Å². The Kier molecular flexibility index (Phi) is 4.74. The summed E-state index contributed by atoms with van der Waals surface area (Å²) in [7, 11) is 3.13. The fraction of sp³-hybridized carbons (Fsp3) is 0.400. The molecule has 1 aromatic heterocycles. The summed E-state index contributed by atoms with van der Waals surface area (Å²) in [5.74, 6) is 0.0905. The fourth-order valence-corrected chi connectivity index (χ4v) is 2.10. The average molecular weight is 278 g/mol. The molecule has 0 bridgehead atoms. The van der Waals surface area contributed by atoms with Crippen molar-refractivity contribution in [1.29, 1.82) is 0 Å². The summed E-state index contributed by atoms with van der Waals surface area (Å²) in [4.78, 5) is 4.49. The van der Waals surface area contributed by atoms with Gasteiger partial charge in [-0.05, 0) is 18.6 Å². The van der Waals surface area contributed by atoms with E-state index in [4.69, 9.17) is 9.47 Å². The van der Waals surface area contributed by atoms with E-state index in [1.54, 1.807) is 7.11 Å². The summed E-state index contributed by atoms with van der Waals surface area (Å²) in [6, 6.07) is 4.70. The van der Waals surface area contributed by atoms with Crippen molar-refractivity contribution < 1.29 is 13.9 Å². The molecule has 1 aromatic carbocycles. The number of nitrogens with zero attached hydrogens (tertiary/aromatic N) is 1. The minimum Gasteiger partial charge on any atom is -0.494 e. The van der Waals surface area contributed by atoms with Crippen molar-refractivity contribution in [3.05, 3.63) is 29.7 Å². The Morgan fingerprint density at radius 2 is 2.05 bits per heavy atom. The van der Waals surface area contributed by atoms with E-state index in [2.05, 4.69) is 17.2 Å². The van der Waals surface area contributed by atoms with Gasteiger partial charge in [-0.2, -0.15) is 0 Å². The molecule has 0 saturated carbocycles. The lowest BCUT2D eigenvalue weighted by Gasteiger charge is -2.13. The second-order valence-corrected chi connectivity index (χ2v) is 4.53. The summed E-state index contributed by atoms with van der Waals surface area (Å²) < 4.78 is 24.0. The quantitative estimate of drug-likeness (QED) is 0.880. The molecule has 2 rings (SSSR count). The van der Waals surface area contributed by atoms with Crippen molar-refractivity contribution in [2.75, 3.05) is 26.1 Å². The maximum Gasteiger partial charge on any atom is 0.148 e. The number of ether oxygens (including phenoxy) is 2. The van der Waals surface area contributed by atoms with Crippen LogP contribution in [-0.2, 0) is 11.3 Å². The Bertz CT molecular complexity index is 602. The predicted octanol–water partition coefficient (Wildman–Crippen LogP) is 3.35. The molecule has 108 valence electrons. The van der Waals surface area contributed by atoms with Gasteiger partial charge in [0, 0.05) is 30.8 Å². The molecule has 1 heterocycles. The van der Waals surface area contributed by atoms with Gasteiger partial charge in [0.2, 0.25) is 0 Å². The van der Waals surface area contributed by atoms with Crippen LogP contribution in [0.25, 0.3) is 10.9 Å². The lowest BCUT2D eigenvalue weighted by Crippen LogP contribution is -2.04. The zero-order chi connectivity index (χ0) is 14.5. The van der Waals surface area contributed by atoms with E-state index < -0.39 is 0 Å². The lowest BCUT2D eigenvalue weighted by molar-refractivity contribution is 0.182. The first-order valence-electron chi connectivity index (χ1n) is 6.59. The Hall–Kier alpha value is -1.88. The van der Waals surface area contributed by atoms with E-state index in [1.165, 1.54) is 19.2 Å². The van der Waals surface area contributed by atoms with Crippen LogP contribution < -0.4 is 10.1 Å². The van der Waals surface area contributed by atoms with Crippen molar-refractivity contribution in [3.8, 4) is 5.75 Å². The number of anilines is 1. The molecular formula is C15H19FN2O2. The van der Waals surface area contributed by atoms with Crippen molar-refractivity contribution in [2.45, 2.75) is 20.0 Å². The molecule has 0 aliphatic carbocycles. The monoisotopic (exact) mass is 278 g/mol. The summed E-state index contributed by atoms with van der Waals surface area (Å²) in [6.07, 6.45) is 0.982. The summed E-state index contributed by atoms with van der Waals surface area (Å²) >= 11 is 0. The third kappa shape index (κ3) is 2.99. The fourth-order valence-electron chi connectivity index (χ4n) is 2.10. The molecular weight excluding hydrogens is 259 g/mol. The molecule has 0 unspecified atom stereocenters. The molecule has 0 aliphatic heterocycles. The number of hydrogen-bond acceptors (Lipinski definition) is 4. The van der Waals surface area contributed by atoms with Gasteiger partial charge in [0.15, 0.2) is 0 Å². The molecule has 0 amide bonds. The number of benzene rings is 1. The van der Waals surface area contributed by atoms with Crippen molar-refractivity contribution in [2.24, 2.45) is 0 Å². The number of fused-ring (bicyclic) bond motifs is 1. The van der Waals surface area contributed by atoms with E-state index in [0.717, 1.165) is 29.7 Å². The summed E-state index contributed by atoms with van der Waals surface area (Å²) in [6.45, 7) is 3.29. The number of halogens is 1. The maximum absolute atomic E-state index is 13.7. The highest BCUT2D eigenvalue weighted by Gasteiger charge is 2.12. The van der Waals surface area contributed by atoms with Crippen LogP contribution in [0.1, 0.15) is 19.0 Å². The van der Waals surface area contributed by atoms with Gasteiger partial charge in [-0.1, -0.05) is 6.92 Å². The molecule has 4 nitrogen and oxygen atoms in total. The normalized spacial score (nSPS) is 10.8. The third-order valence-corrected chi connectivity index (χ3v) is 2.97. The van der Waals surface area contributed by atoms with Crippen molar-refractivity contribution in [1.82, 2.24) is 4.98 Å². The predicted molar refractivity (Wildman–Crippen MR) is 77.7 cm³/mol. The summed E-state index contributed by atoms with van der Waals surface area (Å²) in [5, 5.41) is 4.01.